The lowest BCUT2D eigenvalue weighted by Gasteiger charge is -2.35. The van der Waals surface area contributed by atoms with Gasteiger partial charge in [0, 0.05) is 37.4 Å². The van der Waals surface area contributed by atoms with Crippen molar-refractivity contribution >= 4 is 39.1 Å². The van der Waals surface area contributed by atoms with E-state index in [0.717, 1.165) is 5.56 Å². The van der Waals surface area contributed by atoms with Crippen LogP contribution in [-0.4, -0.2) is 56.2 Å². The first kappa shape index (κ1) is 23.8. The van der Waals surface area contributed by atoms with Crippen molar-refractivity contribution in [3.05, 3.63) is 94.5 Å². The van der Waals surface area contributed by atoms with Crippen molar-refractivity contribution in [3.8, 4) is 0 Å². The summed E-state index contributed by atoms with van der Waals surface area (Å²) in [6.07, 6.45) is 0. The SMILES string of the molecule is Cc1cccc(NS(=O)(=O)c2ccc(Cl)c(C(=O)N3CCN(C(=O)c4ccccc4)CC3)c2)c1. The number of anilines is 1. The van der Waals surface area contributed by atoms with E-state index in [-0.39, 0.29) is 27.3 Å². The summed E-state index contributed by atoms with van der Waals surface area (Å²) < 4.78 is 28.3. The maximum Gasteiger partial charge on any atom is 0.261 e. The van der Waals surface area contributed by atoms with Crippen LogP contribution in [0, 0.1) is 6.92 Å². The summed E-state index contributed by atoms with van der Waals surface area (Å²) >= 11 is 6.27. The minimum absolute atomic E-state index is 0.0559. The first-order chi connectivity index (χ1) is 16.2. The van der Waals surface area contributed by atoms with E-state index in [1.54, 1.807) is 40.1 Å². The molecule has 9 heteroatoms. The molecule has 0 aliphatic carbocycles. The molecule has 176 valence electrons. The Labute approximate surface area is 204 Å². The Balaban J connectivity index is 1.48. The minimum Gasteiger partial charge on any atom is -0.335 e. The topological polar surface area (TPSA) is 86.8 Å². The third-order valence-corrected chi connectivity index (χ3v) is 7.33. The number of nitrogens with zero attached hydrogens (tertiary/aromatic N) is 2. The fraction of sp³-hybridized carbons (Fsp3) is 0.200. The number of amides is 2. The predicted molar refractivity (Wildman–Crippen MR) is 132 cm³/mol. The molecule has 0 atom stereocenters. The van der Waals surface area contributed by atoms with Crippen molar-refractivity contribution in [2.75, 3.05) is 30.9 Å². The summed E-state index contributed by atoms with van der Waals surface area (Å²) in [4.78, 5) is 29.1. The quantitative estimate of drug-likeness (QED) is 0.576. The van der Waals surface area contributed by atoms with Crippen LogP contribution in [0.4, 0.5) is 5.69 Å². The Morgan fingerprint density at radius 2 is 1.47 bits per heavy atom. The number of hydrogen-bond donors (Lipinski definition) is 1. The molecule has 1 aliphatic rings. The van der Waals surface area contributed by atoms with Gasteiger partial charge in [0.05, 0.1) is 15.5 Å². The summed E-state index contributed by atoms with van der Waals surface area (Å²) in [6.45, 7) is 3.27. The third-order valence-electron chi connectivity index (χ3n) is 5.62. The van der Waals surface area contributed by atoms with Crippen LogP contribution in [0.5, 0.6) is 0 Å². The number of sulfonamides is 1. The second-order valence-corrected chi connectivity index (χ2v) is 10.2. The van der Waals surface area contributed by atoms with Gasteiger partial charge in [-0.15, -0.1) is 0 Å². The van der Waals surface area contributed by atoms with E-state index in [0.29, 0.717) is 37.4 Å². The van der Waals surface area contributed by atoms with Gasteiger partial charge in [0.1, 0.15) is 0 Å². The zero-order valence-corrected chi connectivity index (χ0v) is 20.1. The van der Waals surface area contributed by atoms with Gasteiger partial charge in [0.15, 0.2) is 0 Å². The smallest absolute Gasteiger partial charge is 0.261 e. The third kappa shape index (κ3) is 5.24. The van der Waals surface area contributed by atoms with Gasteiger partial charge in [-0.25, -0.2) is 8.42 Å². The fourth-order valence-electron chi connectivity index (χ4n) is 3.80. The number of benzene rings is 3. The molecule has 7 nitrogen and oxygen atoms in total. The van der Waals surface area contributed by atoms with Crippen molar-refractivity contribution in [2.24, 2.45) is 0 Å². The van der Waals surface area contributed by atoms with Gasteiger partial charge in [-0.3, -0.25) is 14.3 Å². The van der Waals surface area contributed by atoms with Gasteiger partial charge in [0.25, 0.3) is 21.8 Å². The molecule has 3 aromatic rings. The van der Waals surface area contributed by atoms with E-state index in [1.165, 1.54) is 18.2 Å². The summed E-state index contributed by atoms with van der Waals surface area (Å²) in [7, 11) is -3.92. The van der Waals surface area contributed by atoms with Crippen LogP contribution in [0.1, 0.15) is 26.3 Å². The van der Waals surface area contributed by atoms with Crippen molar-refractivity contribution in [2.45, 2.75) is 11.8 Å². The largest absolute Gasteiger partial charge is 0.335 e. The summed E-state index contributed by atoms with van der Waals surface area (Å²) in [5.41, 5.74) is 2.06. The predicted octanol–water partition coefficient (Wildman–Crippen LogP) is 4.05. The Kier molecular flexibility index (Phi) is 6.90. The van der Waals surface area contributed by atoms with Crippen molar-refractivity contribution in [1.82, 2.24) is 9.80 Å². The van der Waals surface area contributed by atoms with Gasteiger partial charge in [-0.1, -0.05) is 41.9 Å². The number of hydrogen-bond acceptors (Lipinski definition) is 4. The van der Waals surface area contributed by atoms with Crippen molar-refractivity contribution in [1.29, 1.82) is 0 Å². The highest BCUT2D eigenvalue weighted by molar-refractivity contribution is 7.92. The van der Waals surface area contributed by atoms with E-state index < -0.39 is 10.0 Å². The molecule has 3 aromatic carbocycles. The molecular weight excluding hydrogens is 474 g/mol. The number of rotatable bonds is 5. The first-order valence-corrected chi connectivity index (χ1v) is 12.6. The van der Waals surface area contributed by atoms with E-state index in [1.807, 2.05) is 31.2 Å². The molecule has 1 heterocycles. The molecule has 0 spiro atoms. The standard InChI is InChI=1S/C25H24ClN3O4S/c1-18-6-5-9-20(16-18)27-34(32,33)21-10-11-23(26)22(17-21)25(31)29-14-12-28(13-15-29)24(30)19-7-3-2-4-8-19/h2-11,16-17,27H,12-15H2,1H3. The maximum absolute atomic E-state index is 13.2. The van der Waals surface area contributed by atoms with Gasteiger partial charge >= 0.3 is 0 Å². The normalized spacial score (nSPS) is 14.1. The number of halogens is 1. The summed E-state index contributed by atoms with van der Waals surface area (Å²) in [6, 6.07) is 20.1. The van der Waals surface area contributed by atoms with E-state index in [4.69, 9.17) is 11.6 Å². The molecule has 0 aromatic heterocycles. The van der Waals surface area contributed by atoms with Gasteiger partial charge in [-0.2, -0.15) is 0 Å². The molecule has 1 saturated heterocycles. The Hall–Kier alpha value is -3.36. The van der Waals surface area contributed by atoms with Crippen LogP contribution in [0.15, 0.2) is 77.7 Å². The zero-order chi connectivity index (χ0) is 24.3. The molecule has 0 saturated carbocycles. The van der Waals surface area contributed by atoms with Gasteiger partial charge < -0.3 is 9.80 Å². The molecule has 1 aliphatic heterocycles. The number of carbonyl (C=O) groups excluding carboxylic acids is 2. The van der Waals surface area contributed by atoms with E-state index in [2.05, 4.69) is 4.72 Å². The molecule has 2 amide bonds. The minimum atomic E-state index is -3.92. The van der Waals surface area contributed by atoms with Crippen LogP contribution < -0.4 is 4.72 Å². The highest BCUT2D eigenvalue weighted by Crippen LogP contribution is 2.25. The Bertz CT molecular complexity index is 1320. The van der Waals surface area contributed by atoms with Crippen molar-refractivity contribution in [3.63, 3.8) is 0 Å². The second-order valence-electron chi connectivity index (χ2n) is 8.07. The molecule has 0 bridgehead atoms. The van der Waals surface area contributed by atoms with Gasteiger partial charge in [-0.05, 0) is 55.0 Å². The van der Waals surface area contributed by atoms with Crippen molar-refractivity contribution < 1.29 is 18.0 Å². The molecule has 34 heavy (non-hydrogen) atoms. The summed E-state index contributed by atoms with van der Waals surface area (Å²) in [5.74, 6) is -0.453. The average Bonchev–Trinajstić information content (AvgIpc) is 2.84. The number of carbonyl (C=O) groups is 2. The van der Waals surface area contributed by atoms with Crippen LogP contribution in [0.2, 0.25) is 5.02 Å². The highest BCUT2D eigenvalue weighted by atomic mass is 35.5. The lowest BCUT2D eigenvalue weighted by atomic mass is 10.1. The van der Waals surface area contributed by atoms with Crippen LogP contribution in [0.3, 0.4) is 0 Å². The van der Waals surface area contributed by atoms with Crippen LogP contribution in [-0.2, 0) is 10.0 Å². The molecule has 0 radical (unpaired) electrons. The fourth-order valence-corrected chi connectivity index (χ4v) is 5.08. The van der Waals surface area contributed by atoms with E-state index >= 15 is 0 Å². The lowest BCUT2D eigenvalue weighted by Crippen LogP contribution is -2.50. The first-order valence-electron chi connectivity index (χ1n) is 10.8. The summed E-state index contributed by atoms with van der Waals surface area (Å²) in [5, 5.41) is 0.169. The highest BCUT2D eigenvalue weighted by Gasteiger charge is 2.27. The average molecular weight is 498 g/mol. The molecular formula is C25H24ClN3O4S. The zero-order valence-electron chi connectivity index (χ0n) is 18.6. The van der Waals surface area contributed by atoms with E-state index in [9.17, 15) is 18.0 Å². The maximum atomic E-state index is 13.2. The monoisotopic (exact) mass is 497 g/mol. The van der Waals surface area contributed by atoms with Crippen LogP contribution in [0.25, 0.3) is 0 Å². The molecule has 1 fully saturated rings. The Morgan fingerprint density at radius 1 is 0.824 bits per heavy atom. The lowest BCUT2D eigenvalue weighted by molar-refractivity contribution is 0.0535. The Morgan fingerprint density at radius 3 is 2.12 bits per heavy atom. The van der Waals surface area contributed by atoms with Crippen LogP contribution >= 0.6 is 11.6 Å². The molecule has 1 N–H and O–H groups in total. The number of nitrogens with one attached hydrogen (secondary N) is 1. The van der Waals surface area contributed by atoms with Gasteiger partial charge in [0.2, 0.25) is 0 Å². The number of piperazine rings is 1. The molecule has 0 unspecified atom stereocenters. The number of aryl methyl sites for hydroxylation is 1. The molecule has 4 rings (SSSR count). The second kappa shape index (κ2) is 9.87.